The van der Waals surface area contributed by atoms with Crippen LogP contribution in [0.1, 0.15) is 32.6 Å². The Morgan fingerprint density at radius 2 is 2.16 bits per heavy atom. The van der Waals surface area contributed by atoms with Gasteiger partial charge >= 0.3 is 5.97 Å². The quantitative estimate of drug-likeness (QED) is 0.408. The molecule has 0 unspecified atom stereocenters. The van der Waals surface area contributed by atoms with Crippen molar-refractivity contribution in [1.29, 1.82) is 0 Å². The van der Waals surface area contributed by atoms with Gasteiger partial charge in [-0.15, -0.1) is 0 Å². The van der Waals surface area contributed by atoms with Crippen LogP contribution in [0.15, 0.2) is 24.3 Å². The van der Waals surface area contributed by atoms with Gasteiger partial charge in [-0.3, -0.25) is 9.80 Å². The molecule has 0 atom stereocenters. The van der Waals surface area contributed by atoms with E-state index in [2.05, 4.69) is 6.92 Å². The fraction of sp³-hybridized carbons (Fsp3) is 0.500. The highest BCUT2D eigenvalue weighted by Crippen LogP contribution is 2.19. The van der Waals surface area contributed by atoms with Crippen LogP contribution in [0.4, 0.5) is 5.69 Å². The molecule has 0 aliphatic rings. The largest absolute Gasteiger partial charge is 0.494 e. The number of carboxylic acid groups (broad SMARTS) is 1. The second-order valence-electron chi connectivity index (χ2n) is 4.43. The molecule has 0 saturated heterocycles. The number of rotatable bonds is 9. The minimum absolute atomic E-state index is 0.236. The molecule has 0 fully saturated rings. The Bertz CT molecular complexity index is 396. The van der Waals surface area contributed by atoms with E-state index in [9.17, 15) is 4.79 Å². The van der Waals surface area contributed by atoms with Gasteiger partial charge < -0.3 is 9.84 Å². The molecule has 3 N–H and O–H groups in total. The van der Waals surface area contributed by atoms with Gasteiger partial charge in [0, 0.05) is 6.07 Å². The number of hydrogen-bond donors (Lipinski definition) is 2. The van der Waals surface area contributed by atoms with Crippen LogP contribution in [0, 0.1) is 0 Å². The number of carbonyl (C=O) groups is 1. The minimum atomic E-state index is -0.964. The molecule has 0 heterocycles. The summed E-state index contributed by atoms with van der Waals surface area (Å²) >= 11 is 0. The Hall–Kier alpha value is -1.75. The molecule has 1 aromatic carbocycles. The molecule has 0 amide bonds. The first-order valence-corrected chi connectivity index (χ1v) is 6.60. The Morgan fingerprint density at radius 3 is 2.84 bits per heavy atom. The molecular weight excluding hydrogens is 244 g/mol. The van der Waals surface area contributed by atoms with Gasteiger partial charge in [0.25, 0.3) is 0 Å². The number of anilines is 1. The van der Waals surface area contributed by atoms with Crippen molar-refractivity contribution in [3.8, 4) is 5.75 Å². The number of ether oxygens (including phenoxy) is 1. The molecule has 0 radical (unpaired) electrons. The molecule has 5 heteroatoms. The molecule has 1 aromatic rings. The fourth-order valence-electron chi connectivity index (χ4n) is 1.71. The smallest absolute Gasteiger partial charge is 0.324 e. The molecule has 106 valence electrons. The Labute approximate surface area is 113 Å². The van der Waals surface area contributed by atoms with E-state index < -0.39 is 5.97 Å². The highest BCUT2D eigenvalue weighted by molar-refractivity contribution is 5.73. The summed E-state index contributed by atoms with van der Waals surface area (Å²) in [5.41, 5.74) is 0.633. The first-order valence-electron chi connectivity index (χ1n) is 6.60. The molecule has 0 spiro atoms. The summed E-state index contributed by atoms with van der Waals surface area (Å²) in [6.07, 6.45) is 4.61. The highest BCUT2D eigenvalue weighted by atomic mass is 16.5. The van der Waals surface area contributed by atoms with E-state index in [4.69, 9.17) is 15.7 Å². The van der Waals surface area contributed by atoms with Gasteiger partial charge in [0.1, 0.15) is 12.3 Å². The summed E-state index contributed by atoms with van der Waals surface area (Å²) in [6.45, 7) is 2.61. The number of hydrazine groups is 1. The van der Waals surface area contributed by atoms with Crippen molar-refractivity contribution in [1.82, 2.24) is 0 Å². The lowest BCUT2D eigenvalue weighted by Crippen LogP contribution is -2.35. The maximum Gasteiger partial charge on any atom is 0.324 e. The van der Waals surface area contributed by atoms with Crippen molar-refractivity contribution < 1.29 is 14.6 Å². The lowest BCUT2D eigenvalue weighted by Gasteiger charge is -2.17. The van der Waals surface area contributed by atoms with Gasteiger partial charge in [-0.1, -0.05) is 32.3 Å². The Balaban J connectivity index is 2.45. The number of unbranched alkanes of at least 4 members (excludes halogenated alkanes) is 3. The summed E-state index contributed by atoms with van der Waals surface area (Å²) in [7, 11) is 0. The van der Waals surface area contributed by atoms with Gasteiger partial charge in [0.15, 0.2) is 0 Å². The van der Waals surface area contributed by atoms with Crippen molar-refractivity contribution in [2.24, 2.45) is 5.84 Å². The minimum Gasteiger partial charge on any atom is -0.494 e. The zero-order chi connectivity index (χ0) is 14.1. The van der Waals surface area contributed by atoms with Gasteiger partial charge in [0.2, 0.25) is 0 Å². The maximum absolute atomic E-state index is 10.6. The zero-order valence-electron chi connectivity index (χ0n) is 11.3. The van der Waals surface area contributed by atoms with Crippen molar-refractivity contribution in [2.45, 2.75) is 32.6 Å². The predicted molar refractivity (Wildman–Crippen MR) is 75.2 cm³/mol. The van der Waals surface area contributed by atoms with Crippen LogP contribution in [0.3, 0.4) is 0 Å². The maximum atomic E-state index is 10.6. The van der Waals surface area contributed by atoms with Gasteiger partial charge in [-0.25, -0.2) is 5.84 Å². The summed E-state index contributed by atoms with van der Waals surface area (Å²) in [5, 5.41) is 9.87. The van der Waals surface area contributed by atoms with Crippen LogP contribution in [0.25, 0.3) is 0 Å². The lowest BCUT2D eigenvalue weighted by molar-refractivity contribution is -0.135. The lowest BCUT2D eigenvalue weighted by atomic mass is 10.2. The van der Waals surface area contributed by atoms with E-state index in [1.54, 1.807) is 18.2 Å². The van der Waals surface area contributed by atoms with E-state index in [0.29, 0.717) is 12.3 Å². The van der Waals surface area contributed by atoms with Crippen molar-refractivity contribution >= 4 is 11.7 Å². The van der Waals surface area contributed by atoms with E-state index in [1.807, 2.05) is 6.07 Å². The predicted octanol–water partition coefficient (Wildman–Crippen LogP) is 2.41. The number of nitrogens with two attached hydrogens (primary N) is 1. The number of nitrogens with zero attached hydrogens (tertiary/aromatic N) is 1. The number of aliphatic carboxylic acids is 1. The fourth-order valence-corrected chi connectivity index (χ4v) is 1.71. The third-order valence-corrected chi connectivity index (χ3v) is 2.72. The van der Waals surface area contributed by atoms with Crippen molar-refractivity contribution in [3.63, 3.8) is 0 Å². The average molecular weight is 266 g/mol. The SMILES string of the molecule is CCCCCCOc1cccc(N(N)CC(=O)O)c1. The van der Waals surface area contributed by atoms with Crippen LogP contribution >= 0.6 is 0 Å². The van der Waals surface area contributed by atoms with Gasteiger partial charge in [0.05, 0.1) is 12.3 Å². The van der Waals surface area contributed by atoms with Crippen LogP contribution in [-0.2, 0) is 4.79 Å². The third kappa shape index (κ3) is 6.10. The number of benzene rings is 1. The molecule has 0 aromatic heterocycles. The molecule has 19 heavy (non-hydrogen) atoms. The first kappa shape index (κ1) is 15.3. The summed E-state index contributed by atoms with van der Waals surface area (Å²) in [6, 6.07) is 7.16. The molecule has 0 aliphatic carbocycles. The van der Waals surface area contributed by atoms with Gasteiger partial charge in [-0.2, -0.15) is 0 Å². The molecule has 0 aliphatic heterocycles. The summed E-state index contributed by atoms with van der Waals surface area (Å²) < 4.78 is 5.62. The highest BCUT2D eigenvalue weighted by Gasteiger charge is 2.07. The first-order chi connectivity index (χ1) is 9.13. The van der Waals surface area contributed by atoms with Crippen LogP contribution in [0.5, 0.6) is 5.75 Å². The van der Waals surface area contributed by atoms with Crippen molar-refractivity contribution in [2.75, 3.05) is 18.2 Å². The second-order valence-corrected chi connectivity index (χ2v) is 4.43. The molecule has 5 nitrogen and oxygen atoms in total. The Morgan fingerprint density at radius 1 is 1.37 bits per heavy atom. The van der Waals surface area contributed by atoms with Gasteiger partial charge in [-0.05, 0) is 18.6 Å². The summed E-state index contributed by atoms with van der Waals surface area (Å²) in [4.78, 5) is 10.6. The second kappa shape index (κ2) is 8.37. The van der Waals surface area contributed by atoms with E-state index in [1.165, 1.54) is 17.9 Å². The van der Waals surface area contributed by atoms with Crippen LogP contribution in [-0.4, -0.2) is 24.2 Å². The molecule has 1 rings (SSSR count). The van der Waals surface area contributed by atoms with Crippen molar-refractivity contribution in [3.05, 3.63) is 24.3 Å². The van der Waals surface area contributed by atoms with E-state index in [0.717, 1.165) is 18.6 Å². The topological polar surface area (TPSA) is 75.8 Å². The zero-order valence-corrected chi connectivity index (χ0v) is 11.3. The standard InChI is InChI=1S/C14H22N2O3/c1-2-3-4-5-9-19-13-8-6-7-12(10-13)16(15)11-14(17)18/h6-8,10H,2-5,9,11,15H2,1H3,(H,17,18). The number of hydrogen-bond acceptors (Lipinski definition) is 4. The van der Waals surface area contributed by atoms with E-state index in [-0.39, 0.29) is 6.54 Å². The third-order valence-electron chi connectivity index (χ3n) is 2.72. The normalized spacial score (nSPS) is 10.2. The molecule has 0 bridgehead atoms. The van der Waals surface area contributed by atoms with Crippen LogP contribution < -0.4 is 15.6 Å². The average Bonchev–Trinajstić information content (AvgIpc) is 2.38. The Kier molecular flexibility index (Phi) is 6.74. The molecular formula is C14H22N2O3. The van der Waals surface area contributed by atoms with E-state index >= 15 is 0 Å². The number of carboxylic acids is 1. The molecule has 0 saturated carbocycles. The van der Waals surface area contributed by atoms with Crippen LogP contribution in [0.2, 0.25) is 0 Å². The summed E-state index contributed by atoms with van der Waals surface area (Å²) in [5.74, 6) is 5.41. The monoisotopic (exact) mass is 266 g/mol.